The van der Waals surface area contributed by atoms with E-state index in [9.17, 15) is 4.79 Å². The van der Waals surface area contributed by atoms with E-state index in [-0.39, 0.29) is 5.91 Å². The summed E-state index contributed by atoms with van der Waals surface area (Å²) < 4.78 is 4.94. The summed E-state index contributed by atoms with van der Waals surface area (Å²) in [5, 5.41) is 2.83. The molecule has 3 N–H and O–H groups in total. The van der Waals surface area contributed by atoms with Gasteiger partial charge in [0.1, 0.15) is 0 Å². The van der Waals surface area contributed by atoms with Crippen molar-refractivity contribution in [2.75, 3.05) is 26.0 Å². The van der Waals surface area contributed by atoms with Crippen molar-refractivity contribution in [3.05, 3.63) is 24.0 Å². The van der Waals surface area contributed by atoms with Crippen molar-refractivity contribution >= 4 is 11.6 Å². The lowest BCUT2D eigenvalue weighted by Gasteiger charge is -2.06. The first-order valence-electron chi connectivity index (χ1n) is 5.72. The maximum absolute atomic E-state index is 11.7. The van der Waals surface area contributed by atoms with Gasteiger partial charge in [-0.25, -0.2) is 0 Å². The highest BCUT2D eigenvalue weighted by Crippen LogP contribution is 2.07. The molecule has 1 amide bonds. The van der Waals surface area contributed by atoms with E-state index in [1.165, 1.54) is 6.20 Å². The van der Waals surface area contributed by atoms with Crippen molar-refractivity contribution in [3.63, 3.8) is 0 Å². The maximum Gasteiger partial charge on any atom is 0.253 e. The zero-order chi connectivity index (χ0) is 12.5. The topological polar surface area (TPSA) is 77.2 Å². The molecule has 94 valence electrons. The largest absolute Gasteiger partial charge is 0.397 e. The van der Waals surface area contributed by atoms with Crippen LogP contribution in [0.1, 0.15) is 29.6 Å². The molecule has 0 radical (unpaired) electrons. The molecule has 1 aromatic heterocycles. The van der Waals surface area contributed by atoms with Gasteiger partial charge in [-0.05, 0) is 25.3 Å². The predicted octanol–water partition coefficient (Wildman–Crippen LogP) is 1.21. The molecule has 0 spiro atoms. The standard InChI is InChI=1S/C12H19N3O2/c1-17-8-4-2-3-6-15-12(16)10-5-7-14-9-11(10)13/h5,7,9H,2-4,6,8,13H2,1H3,(H,15,16). The fourth-order valence-corrected chi connectivity index (χ4v) is 1.46. The Balaban J connectivity index is 2.24. The van der Waals surface area contributed by atoms with E-state index in [1.807, 2.05) is 0 Å². The van der Waals surface area contributed by atoms with Crippen LogP contribution in [0.2, 0.25) is 0 Å². The Morgan fingerprint density at radius 2 is 2.29 bits per heavy atom. The normalized spacial score (nSPS) is 10.2. The molecule has 17 heavy (non-hydrogen) atoms. The van der Waals surface area contributed by atoms with Gasteiger partial charge in [0.15, 0.2) is 0 Å². The number of carbonyl (C=O) groups excluding carboxylic acids is 1. The van der Waals surface area contributed by atoms with E-state index in [0.29, 0.717) is 17.8 Å². The summed E-state index contributed by atoms with van der Waals surface area (Å²) in [6.07, 6.45) is 6.04. The number of pyridine rings is 1. The predicted molar refractivity (Wildman–Crippen MR) is 66.7 cm³/mol. The molecule has 0 aromatic carbocycles. The maximum atomic E-state index is 11.7. The van der Waals surface area contributed by atoms with E-state index < -0.39 is 0 Å². The van der Waals surface area contributed by atoms with E-state index in [0.717, 1.165) is 25.9 Å². The summed E-state index contributed by atoms with van der Waals surface area (Å²) in [6, 6.07) is 1.62. The first-order chi connectivity index (χ1) is 8.25. The molecule has 1 aromatic rings. The van der Waals surface area contributed by atoms with Crippen LogP contribution in [0.3, 0.4) is 0 Å². The number of hydrogen-bond donors (Lipinski definition) is 2. The van der Waals surface area contributed by atoms with E-state index in [4.69, 9.17) is 10.5 Å². The van der Waals surface area contributed by atoms with Crippen LogP contribution in [0.5, 0.6) is 0 Å². The summed E-state index contributed by atoms with van der Waals surface area (Å²) >= 11 is 0. The van der Waals surface area contributed by atoms with Crippen LogP contribution in [0, 0.1) is 0 Å². The van der Waals surface area contributed by atoms with E-state index in [1.54, 1.807) is 19.4 Å². The molecule has 5 heteroatoms. The molecule has 0 bridgehead atoms. The molecular weight excluding hydrogens is 218 g/mol. The number of rotatable bonds is 7. The number of anilines is 1. The Labute approximate surface area is 101 Å². The van der Waals surface area contributed by atoms with Crippen molar-refractivity contribution in [2.45, 2.75) is 19.3 Å². The van der Waals surface area contributed by atoms with Gasteiger partial charge in [-0.2, -0.15) is 0 Å². The highest BCUT2D eigenvalue weighted by molar-refractivity contribution is 5.98. The van der Waals surface area contributed by atoms with Gasteiger partial charge in [-0.1, -0.05) is 0 Å². The average molecular weight is 237 g/mol. The zero-order valence-electron chi connectivity index (χ0n) is 10.1. The number of nitrogens with two attached hydrogens (primary N) is 1. The van der Waals surface area contributed by atoms with Crippen molar-refractivity contribution in [1.82, 2.24) is 10.3 Å². The minimum Gasteiger partial charge on any atom is -0.397 e. The summed E-state index contributed by atoms with van der Waals surface area (Å²) in [7, 11) is 1.69. The Morgan fingerprint density at radius 3 is 3.00 bits per heavy atom. The molecule has 1 rings (SSSR count). The molecule has 1 heterocycles. The van der Waals surface area contributed by atoms with Crippen molar-refractivity contribution < 1.29 is 9.53 Å². The Kier molecular flexibility index (Phi) is 6.03. The summed E-state index contributed by atoms with van der Waals surface area (Å²) in [6.45, 7) is 1.43. The van der Waals surface area contributed by atoms with Gasteiger partial charge in [0.2, 0.25) is 0 Å². The van der Waals surface area contributed by atoms with Crippen LogP contribution in [-0.4, -0.2) is 31.2 Å². The van der Waals surface area contributed by atoms with Crippen LogP contribution in [-0.2, 0) is 4.74 Å². The Morgan fingerprint density at radius 1 is 1.47 bits per heavy atom. The molecule has 0 fully saturated rings. The first kappa shape index (κ1) is 13.4. The zero-order valence-corrected chi connectivity index (χ0v) is 10.1. The molecule has 0 aliphatic carbocycles. The molecule has 0 saturated heterocycles. The summed E-state index contributed by atoms with van der Waals surface area (Å²) in [5.74, 6) is -0.142. The van der Waals surface area contributed by atoms with Crippen LogP contribution in [0.25, 0.3) is 0 Å². The molecular formula is C12H19N3O2. The molecule has 0 atom stereocenters. The van der Waals surface area contributed by atoms with Gasteiger partial charge in [-0.3, -0.25) is 9.78 Å². The lowest BCUT2D eigenvalue weighted by molar-refractivity contribution is 0.0953. The van der Waals surface area contributed by atoms with Crippen molar-refractivity contribution in [2.24, 2.45) is 0 Å². The first-order valence-corrected chi connectivity index (χ1v) is 5.72. The number of unbranched alkanes of at least 4 members (excludes halogenated alkanes) is 2. The average Bonchev–Trinajstić information content (AvgIpc) is 2.34. The minimum atomic E-state index is -0.142. The summed E-state index contributed by atoms with van der Waals surface area (Å²) in [5.41, 5.74) is 6.54. The molecule has 0 unspecified atom stereocenters. The number of ether oxygens (including phenoxy) is 1. The van der Waals surface area contributed by atoms with Crippen LogP contribution >= 0.6 is 0 Å². The number of nitrogens with one attached hydrogen (secondary N) is 1. The molecule has 0 aliphatic rings. The van der Waals surface area contributed by atoms with Crippen molar-refractivity contribution in [1.29, 1.82) is 0 Å². The number of nitrogen functional groups attached to an aromatic ring is 1. The lowest BCUT2D eigenvalue weighted by Crippen LogP contribution is -2.25. The van der Waals surface area contributed by atoms with E-state index in [2.05, 4.69) is 10.3 Å². The fourth-order valence-electron chi connectivity index (χ4n) is 1.46. The van der Waals surface area contributed by atoms with Gasteiger partial charge in [0, 0.05) is 26.5 Å². The van der Waals surface area contributed by atoms with Crippen LogP contribution < -0.4 is 11.1 Å². The molecule has 0 saturated carbocycles. The third-order valence-electron chi connectivity index (χ3n) is 2.41. The number of amides is 1. The highest BCUT2D eigenvalue weighted by Gasteiger charge is 2.07. The van der Waals surface area contributed by atoms with Gasteiger partial charge in [-0.15, -0.1) is 0 Å². The van der Waals surface area contributed by atoms with Crippen LogP contribution in [0.15, 0.2) is 18.5 Å². The Bertz CT molecular complexity index is 355. The van der Waals surface area contributed by atoms with Gasteiger partial charge < -0.3 is 15.8 Å². The van der Waals surface area contributed by atoms with Crippen LogP contribution in [0.4, 0.5) is 5.69 Å². The lowest BCUT2D eigenvalue weighted by atomic mass is 10.2. The monoisotopic (exact) mass is 237 g/mol. The molecule has 5 nitrogen and oxygen atoms in total. The van der Waals surface area contributed by atoms with Gasteiger partial charge >= 0.3 is 0 Å². The Hall–Kier alpha value is -1.62. The number of hydrogen-bond acceptors (Lipinski definition) is 4. The molecule has 0 aliphatic heterocycles. The fraction of sp³-hybridized carbons (Fsp3) is 0.500. The third kappa shape index (κ3) is 4.82. The second-order valence-electron chi connectivity index (χ2n) is 3.77. The number of carbonyl (C=O) groups is 1. The van der Waals surface area contributed by atoms with Gasteiger partial charge in [0.05, 0.1) is 17.4 Å². The quantitative estimate of drug-likeness (QED) is 0.699. The summed E-state index contributed by atoms with van der Waals surface area (Å²) in [4.78, 5) is 15.5. The van der Waals surface area contributed by atoms with Gasteiger partial charge in [0.25, 0.3) is 5.91 Å². The highest BCUT2D eigenvalue weighted by atomic mass is 16.5. The second kappa shape index (κ2) is 7.62. The van der Waals surface area contributed by atoms with Crippen molar-refractivity contribution in [3.8, 4) is 0 Å². The minimum absolute atomic E-state index is 0.142. The number of nitrogens with zero attached hydrogens (tertiary/aromatic N) is 1. The second-order valence-corrected chi connectivity index (χ2v) is 3.77. The number of methoxy groups -OCH3 is 1. The smallest absolute Gasteiger partial charge is 0.253 e. The third-order valence-corrected chi connectivity index (χ3v) is 2.41. The van der Waals surface area contributed by atoms with E-state index >= 15 is 0 Å². The SMILES string of the molecule is COCCCCCNC(=O)c1ccncc1N. The number of aromatic nitrogens is 1.